The molecule has 8 aromatic rings. The predicted octanol–water partition coefficient (Wildman–Crippen LogP) is 11.3. The molecule has 0 heterocycles. The van der Waals surface area contributed by atoms with Gasteiger partial charge in [-0.3, -0.25) is 0 Å². The van der Waals surface area contributed by atoms with Gasteiger partial charge in [-0.2, -0.15) is 0 Å². The highest BCUT2D eigenvalue weighted by Crippen LogP contribution is 2.40. The molecule has 8 rings (SSSR count). The Hall–Kier alpha value is -5.20. The van der Waals surface area contributed by atoms with Gasteiger partial charge in [-0.05, 0) is 101 Å². The monoisotopic (exact) mass is 506 g/mol. The fourth-order valence-corrected chi connectivity index (χ4v) is 6.30. The molecule has 8 aromatic carbocycles. The van der Waals surface area contributed by atoms with Crippen LogP contribution < -0.4 is 0 Å². The van der Waals surface area contributed by atoms with Crippen LogP contribution in [-0.4, -0.2) is 0 Å². The van der Waals surface area contributed by atoms with Gasteiger partial charge in [-0.1, -0.05) is 133 Å². The van der Waals surface area contributed by atoms with Crippen LogP contribution in [0.2, 0.25) is 0 Å². The second-order valence-electron chi connectivity index (χ2n) is 10.5. The molecule has 0 nitrogen and oxygen atoms in total. The van der Waals surface area contributed by atoms with Gasteiger partial charge in [0.25, 0.3) is 0 Å². The minimum Gasteiger partial charge on any atom is -0.0622 e. The first kappa shape index (κ1) is 22.8. The molecular weight excluding hydrogens is 480 g/mol. The lowest BCUT2D eigenvalue weighted by Crippen LogP contribution is -1.88. The van der Waals surface area contributed by atoms with Crippen molar-refractivity contribution < 1.29 is 0 Å². The molecule has 0 aliphatic heterocycles. The molecule has 0 spiro atoms. The third-order valence-corrected chi connectivity index (χ3v) is 8.22. The molecule has 0 radical (unpaired) electrons. The van der Waals surface area contributed by atoms with Crippen LogP contribution in [0.15, 0.2) is 158 Å². The van der Waals surface area contributed by atoms with Crippen LogP contribution >= 0.6 is 0 Å². The number of hydrogen-bond donors (Lipinski definition) is 0. The maximum Gasteiger partial charge on any atom is -0.00928 e. The molecule has 0 amide bonds. The Balaban J connectivity index is 1.39. The van der Waals surface area contributed by atoms with E-state index in [2.05, 4.69) is 158 Å². The summed E-state index contributed by atoms with van der Waals surface area (Å²) in [6, 6.07) is 57.6. The number of fused-ring (bicyclic) bond motifs is 6. The molecule has 0 bridgehead atoms. The Bertz CT molecular complexity index is 2200. The van der Waals surface area contributed by atoms with Crippen LogP contribution in [0.3, 0.4) is 0 Å². The first-order valence-electron chi connectivity index (χ1n) is 13.9. The lowest BCUT2D eigenvalue weighted by Gasteiger charge is -2.15. The standard InChI is InChI=1S/C40H26/c1-2-11-27(12-3-1)28-21-22-37-34-18-7-5-14-32(34)26-39(40(37)24-28)30-16-10-15-29(23-30)38-25-31-13-4-6-17-33(31)35-19-8-9-20-36(35)38/h1-26H. The summed E-state index contributed by atoms with van der Waals surface area (Å²) in [6.45, 7) is 0. The summed E-state index contributed by atoms with van der Waals surface area (Å²) in [5.41, 5.74) is 7.47. The molecule has 0 aliphatic rings. The van der Waals surface area contributed by atoms with E-state index in [1.165, 1.54) is 76.5 Å². The van der Waals surface area contributed by atoms with E-state index in [0.29, 0.717) is 0 Å². The second kappa shape index (κ2) is 9.22. The summed E-state index contributed by atoms with van der Waals surface area (Å²) in [5.74, 6) is 0. The van der Waals surface area contributed by atoms with Crippen molar-refractivity contribution in [2.45, 2.75) is 0 Å². The largest absolute Gasteiger partial charge is 0.0622 e. The predicted molar refractivity (Wildman–Crippen MR) is 173 cm³/mol. The van der Waals surface area contributed by atoms with E-state index in [1.807, 2.05) is 0 Å². The molecule has 0 unspecified atom stereocenters. The molecule has 0 heteroatoms. The first-order chi connectivity index (χ1) is 19.8. The SMILES string of the molecule is c1ccc(-c2ccc3c(c2)c(-c2cccc(-c4cc5ccccc5c5ccccc45)c2)cc2ccccc23)cc1. The maximum absolute atomic E-state index is 2.37. The van der Waals surface area contributed by atoms with Crippen LogP contribution in [0.1, 0.15) is 0 Å². The van der Waals surface area contributed by atoms with Crippen LogP contribution in [0.5, 0.6) is 0 Å². The summed E-state index contributed by atoms with van der Waals surface area (Å²) in [5, 5.41) is 10.3. The van der Waals surface area contributed by atoms with Gasteiger partial charge in [0.2, 0.25) is 0 Å². The lowest BCUT2D eigenvalue weighted by molar-refractivity contribution is 1.63. The fraction of sp³-hybridized carbons (Fsp3) is 0. The van der Waals surface area contributed by atoms with E-state index < -0.39 is 0 Å². The van der Waals surface area contributed by atoms with E-state index in [-0.39, 0.29) is 0 Å². The summed E-state index contributed by atoms with van der Waals surface area (Å²) < 4.78 is 0. The summed E-state index contributed by atoms with van der Waals surface area (Å²) >= 11 is 0. The lowest BCUT2D eigenvalue weighted by atomic mass is 9.89. The third kappa shape index (κ3) is 3.69. The molecule has 0 aromatic heterocycles. The highest BCUT2D eigenvalue weighted by atomic mass is 14.2. The maximum atomic E-state index is 2.37. The number of rotatable bonds is 3. The van der Waals surface area contributed by atoms with Crippen molar-refractivity contribution in [2.24, 2.45) is 0 Å². The van der Waals surface area contributed by atoms with E-state index >= 15 is 0 Å². The van der Waals surface area contributed by atoms with E-state index in [4.69, 9.17) is 0 Å². The van der Waals surface area contributed by atoms with Gasteiger partial charge < -0.3 is 0 Å². The average Bonchev–Trinajstić information content (AvgIpc) is 3.04. The molecule has 0 atom stereocenters. The summed E-state index contributed by atoms with van der Waals surface area (Å²) in [6.07, 6.45) is 0. The molecular formula is C40H26. The third-order valence-electron chi connectivity index (χ3n) is 8.22. The average molecular weight is 507 g/mol. The minimum absolute atomic E-state index is 1.23. The Morgan fingerprint density at radius 2 is 0.725 bits per heavy atom. The molecule has 186 valence electrons. The summed E-state index contributed by atoms with van der Waals surface area (Å²) in [4.78, 5) is 0. The highest BCUT2D eigenvalue weighted by Gasteiger charge is 2.13. The highest BCUT2D eigenvalue weighted by molar-refractivity contribution is 6.16. The van der Waals surface area contributed by atoms with Gasteiger partial charge >= 0.3 is 0 Å². The Kier molecular flexibility index (Phi) is 5.24. The van der Waals surface area contributed by atoms with Gasteiger partial charge in [0.1, 0.15) is 0 Å². The van der Waals surface area contributed by atoms with Crippen molar-refractivity contribution >= 4 is 43.1 Å². The topological polar surface area (TPSA) is 0 Å². The molecule has 0 N–H and O–H groups in total. The quantitative estimate of drug-likeness (QED) is 0.209. The van der Waals surface area contributed by atoms with Gasteiger partial charge in [0.05, 0.1) is 0 Å². The zero-order valence-electron chi connectivity index (χ0n) is 22.0. The van der Waals surface area contributed by atoms with Gasteiger partial charge in [0, 0.05) is 0 Å². The van der Waals surface area contributed by atoms with Crippen molar-refractivity contribution in [1.82, 2.24) is 0 Å². The van der Waals surface area contributed by atoms with E-state index in [0.717, 1.165) is 0 Å². The van der Waals surface area contributed by atoms with Gasteiger partial charge in [-0.15, -0.1) is 0 Å². The van der Waals surface area contributed by atoms with E-state index in [9.17, 15) is 0 Å². The molecule has 0 fully saturated rings. The smallest absolute Gasteiger partial charge is 0.00928 e. The van der Waals surface area contributed by atoms with E-state index in [1.54, 1.807) is 0 Å². The van der Waals surface area contributed by atoms with Crippen LogP contribution in [-0.2, 0) is 0 Å². The van der Waals surface area contributed by atoms with Gasteiger partial charge in [0.15, 0.2) is 0 Å². The molecule has 40 heavy (non-hydrogen) atoms. The van der Waals surface area contributed by atoms with Crippen molar-refractivity contribution in [3.63, 3.8) is 0 Å². The van der Waals surface area contributed by atoms with Crippen LogP contribution in [0.4, 0.5) is 0 Å². The second-order valence-corrected chi connectivity index (χ2v) is 10.5. The zero-order chi connectivity index (χ0) is 26.5. The van der Waals surface area contributed by atoms with Crippen LogP contribution in [0, 0.1) is 0 Å². The molecule has 0 saturated carbocycles. The van der Waals surface area contributed by atoms with Crippen molar-refractivity contribution in [3.05, 3.63) is 158 Å². The van der Waals surface area contributed by atoms with Crippen LogP contribution in [0.25, 0.3) is 76.5 Å². The van der Waals surface area contributed by atoms with Crippen molar-refractivity contribution in [1.29, 1.82) is 0 Å². The number of hydrogen-bond acceptors (Lipinski definition) is 0. The van der Waals surface area contributed by atoms with Gasteiger partial charge in [-0.25, -0.2) is 0 Å². The summed E-state index contributed by atoms with van der Waals surface area (Å²) in [7, 11) is 0. The molecule has 0 aliphatic carbocycles. The van der Waals surface area contributed by atoms with Crippen molar-refractivity contribution in [3.8, 4) is 33.4 Å². The number of benzene rings is 8. The Labute approximate surface area is 233 Å². The Morgan fingerprint density at radius 3 is 1.40 bits per heavy atom. The fourth-order valence-electron chi connectivity index (χ4n) is 6.30. The zero-order valence-corrected chi connectivity index (χ0v) is 22.0. The first-order valence-corrected chi connectivity index (χ1v) is 13.9. The van der Waals surface area contributed by atoms with Crippen molar-refractivity contribution in [2.75, 3.05) is 0 Å². The minimum atomic E-state index is 1.23. The molecule has 0 saturated heterocycles. The normalized spacial score (nSPS) is 11.5. The Morgan fingerprint density at radius 1 is 0.225 bits per heavy atom.